The summed E-state index contributed by atoms with van der Waals surface area (Å²) < 4.78 is 0. The summed E-state index contributed by atoms with van der Waals surface area (Å²) in [5.41, 5.74) is 6.68. The van der Waals surface area contributed by atoms with E-state index in [2.05, 4.69) is 19.2 Å². The lowest BCUT2D eigenvalue weighted by atomic mass is 9.92. The molecule has 98 valence electrons. The van der Waals surface area contributed by atoms with Gasteiger partial charge in [-0.3, -0.25) is 4.79 Å². The van der Waals surface area contributed by atoms with Crippen molar-refractivity contribution in [2.75, 3.05) is 5.32 Å². The maximum absolute atomic E-state index is 12.1. The summed E-state index contributed by atoms with van der Waals surface area (Å²) in [4.78, 5) is 12.3. The molecule has 1 rings (SSSR count). The van der Waals surface area contributed by atoms with E-state index in [1.54, 1.807) is 13.8 Å². The number of thiocarbonyl (C=S) groups is 1. The van der Waals surface area contributed by atoms with Crippen LogP contribution in [-0.2, 0) is 4.79 Å². The van der Waals surface area contributed by atoms with Gasteiger partial charge >= 0.3 is 0 Å². The van der Waals surface area contributed by atoms with Gasteiger partial charge in [0.05, 0.1) is 10.4 Å². The van der Waals surface area contributed by atoms with E-state index in [1.165, 1.54) is 5.56 Å². The normalized spacial score (nSPS) is 11.4. The van der Waals surface area contributed by atoms with Crippen LogP contribution in [-0.4, -0.2) is 10.9 Å². The number of amides is 1. The van der Waals surface area contributed by atoms with E-state index in [9.17, 15) is 4.79 Å². The Morgan fingerprint density at radius 2 is 2.00 bits per heavy atom. The first-order valence-corrected chi connectivity index (χ1v) is 6.37. The van der Waals surface area contributed by atoms with Gasteiger partial charge in [0.25, 0.3) is 0 Å². The van der Waals surface area contributed by atoms with Crippen LogP contribution in [0.2, 0.25) is 0 Å². The van der Waals surface area contributed by atoms with Crippen molar-refractivity contribution in [1.29, 1.82) is 0 Å². The van der Waals surface area contributed by atoms with Gasteiger partial charge in [0.1, 0.15) is 0 Å². The zero-order valence-corrected chi connectivity index (χ0v) is 12.1. The minimum Gasteiger partial charge on any atom is -0.392 e. The van der Waals surface area contributed by atoms with E-state index in [0.29, 0.717) is 5.92 Å². The van der Waals surface area contributed by atoms with Crippen LogP contribution in [0.4, 0.5) is 5.69 Å². The maximum atomic E-state index is 12.1. The number of nitrogens with one attached hydrogen (secondary N) is 1. The van der Waals surface area contributed by atoms with Gasteiger partial charge in [-0.25, -0.2) is 0 Å². The van der Waals surface area contributed by atoms with E-state index in [-0.39, 0.29) is 10.9 Å². The molecule has 0 saturated heterocycles. The lowest BCUT2D eigenvalue weighted by molar-refractivity contribution is -0.121. The average molecular weight is 264 g/mol. The number of nitrogens with two attached hydrogens (primary N) is 1. The Hall–Kier alpha value is -1.42. The van der Waals surface area contributed by atoms with Gasteiger partial charge in [-0.05, 0) is 37.5 Å². The summed E-state index contributed by atoms with van der Waals surface area (Å²) in [6, 6.07) is 7.80. The molecule has 4 heteroatoms. The highest BCUT2D eigenvalue weighted by atomic mass is 32.1. The minimum atomic E-state index is -0.844. The summed E-state index contributed by atoms with van der Waals surface area (Å²) in [7, 11) is 0. The molecule has 18 heavy (non-hydrogen) atoms. The van der Waals surface area contributed by atoms with E-state index in [0.717, 1.165) is 5.69 Å². The van der Waals surface area contributed by atoms with Crippen molar-refractivity contribution in [3.8, 4) is 0 Å². The third kappa shape index (κ3) is 3.29. The first-order valence-electron chi connectivity index (χ1n) is 5.96. The predicted octanol–water partition coefficient (Wildman–Crippen LogP) is 3.06. The van der Waals surface area contributed by atoms with Gasteiger partial charge < -0.3 is 11.1 Å². The predicted molar refractivity (Wildman–Crippen MR) is 79.7 cm³/mol. The summed E-state index contributed by atoms with van der Waals surface area (Å²) in [5.74, 6) is 0.237. The fourth-order valence-electron chi connectivity index (χ4n) is 1.37. The van der Waals surface area contributed by atoms with Crippen LogP contribution >= 0.6 is 12.2 Å². The second kappa shape index (κ2) is 5.48. The zero-order valence-electron chi connectivity index (χ0n) is 11.3. The largest absolute Gasteiger partial charge is 0.392 e. The van der Waals surface area contributed by atoms with Crippen molar-refractivity contribution in [1.82, 2.24) is 0 Å². The second-order valence-electron chi connectivity index (χ2n) is 5.22. The monoisotopic (exact) mass is 264 g/mol. The standard InChI is InChI=1S/C14H20N2OS/c1-9(2)10-6-5-7-11(8-10)16-13(17)14(3,4)12(15)18/h5-9H,1-4H3,(H2,15,18)(H,16,17). The lowest BCUT2D eigenvalue weighted by Crippen LogP contribution is -2.41. The highest BCUT2D eigenvalue weighted by molar-refractivity contribution is 7.80. The molecule has 0 spiro atoms. The number of hydrogen-bond donors (Lipinski definition) is 2. The smallest absolute Gasteiger partial charge is 0.236 e. The molecule has 0 aliphatic rings. The number of rotatable bonds is 4. The molecule has 0 unspecified atom stereocenters. The molecule has 3 nitrogen and oxygen atoms in total. The summed E-state index contributed by atoms with van der Waals surface area (Å²) in [6.45, 7) is 7.66. The fourth-order valence-corrected chi connectivity index (χ4v) is 1.47. The van der Waals surface area contributed by atoms with Crippen LogP contribution in [0, 0.1) is 5.41 Å². The van der Waals surface area contributed by atoms with E-state index in [1.807, 2.05) is 24.3 Å². The summed E-state index contributed by atoms with van der Waals surface area (Å²) in [5, 5.41) is 2.85. The third-order valence-electron chi connectivity index (χ3n) is 2.99. The molecule has 0 aromatic heterocycles. The van der Waals surface area contributed by atoms with Gasteiger partial charge in [-0.2, -0.15) is 0 Å². The third-order valence-corrected chi connectivity index (χ3v) is 3.51. The SMILES string of the molecule is CC(C)c1cccc(NC(=O)C(C)(C)C(N)=S)c1. The highest BCUT2D eigenvalue weighted by Gasteiger charge is 2.30. The molecule has 0 aliphatic heterocycles. The Kier molecular flexibility index (Phi) is 4.46. The van der Waals surface area contributed by atoms with Crippen molar-refractivity contribution in [3.05, 3.63) is 29.8 Å². The van der Waals surface area contributed by atoms with E-state index < -0.39 is 5.41 Å². The molecule has 1 aromatic carbocycles. The Morgan fingerprint density at radius 3 is 2.50 bits per heavy atom. The lowest BCUT2D eigenvalue weighted by Gasteiger charge is -2.22. The number of anilines is 1. The minimum absolute atomic E-state index is 0.184. The van der Waals surface area contributed by atoms with Gasteiger partial charge in [-0.15, -0.1) is 0 Å². The number of carbonyl (C=O) groups excluding carboxylic acids is 1. The Balaban J connectivity index is 2.89. The molecule has 0 heterocycles. The van der Waals surface area contributed by atoms with Crippen LogP contribution in [0.15, 0.2) is 24.3 Å². The van der Waals surface area contributed by atoms with E-state index in [4.69, 9.17) is 18.0 Å². The molecular weight excluding hydrogens is 244 g/mol. The molecular formula is C14H20N2OS. The van der Waals surface area contributed by atoms with Crippen molar-refractivity contribution < 1.29 is 4.79 Å². The Morgan fingerprint density at radius 1 is 1.39 bits per heavy atom. The Labute approximate surface area is 114 Å². The van der Waals surface area contributed by atoms with Crippen molar-refractivity contribution >= 4 is 28.8 Å². The quantitative estimate of drug-likeness (QED) is 0.822. The van der Waals surface area contributed by atoms with Gasteiger partial charge in [-0.1, -0.05) is 38.2 Å². The first kappa shape index (κ1) is 14.6. The van der Waals surface area contributed by atoms with Crippen LogP contribution in [0.5, 0.6) is 0 Å². The molecule has 0 aliphatic carbocycles. The van der Waals surface area contributed by atoms with Crippen LogP contribution in [0.1, 0.15) is 39.2 Å². The van der Waals surface area contributed by atoms with Crippen LogP contribution < -0.4 is 11.1 Å². The second-order valence-corrected chi connectivity index (χ2v) is 5.66. The number of carbonyl (C=O) groups is 1. The van der Waals surface area contributed by atoms with Gasteiger partial charge in [0.15, 0.2) is 0 Å². The molecule has 0 fully saturated rings. The van der Waals surface area contributed by atoms with Crippen molar-refractivity contribution in [2.45, 2.75) is 33.6 Å². The van der Waals surface area contributed by atoms with E-state index >= 15 is 0 Å². The van der Waals surface area contributed by atoms with Gasteiger partial charge in [0.2, 0.25) is 5.91 Å². The molecule has 0 atom stereocenters. The molecule has 0 radical (unpaired) electrons. The van der Waals surface area contributed by atoms with Crippen LogP contribution in [0.3, 0.4) is 0 Å². The average Bonchev–Trinajstić information content (AvgIpc) is 2.28. The topological polar surface area (TPSA) is 55.1 Å². The van der Waals surface area contributed by atoms with Crippen molar-refractivity contribution in [2.24, 2.45) is 11.1 Å². The molecule has 1 aromatic rings. The first-order chi connectivity index (χ1) is 8.25. The number of benzene rings is 1. The molecule has 1 amide bonds. The van der Waals surface area contributed by atoms with Crippen LogP contribution in [0.25, 0.3) is 0 Å². The summed E-state index contributed by atoms with van der Waals surface area (Å²) in [6.07, 6.45) is 0. The number of hydrogen-bond acceptors (Lipinski definition) is 2. The molecule has 0 bridgehead atoms. The summed E-state index contributed by atoms with van der Waals surface area (Å²) >= 11 is 4.91. The van der Waals surface area contributed by atoms with Crippen molar-refractivity contribution in [3.63, 3.8) is 0 Å². The Bertz CT molecular complexity index is 467. The highest BCUT2D eigenvalue weighted by Crippen LogP contribution is 2.22. The fraction of sp³-hybridized carbons (Fsp3) is 0.429. The maximum Gasteiger partial charge on any atom is 0.236 e. The zero-order chi connectivity index (χ0) is 13.9. The van der Waals surface area contributed by atoms with Gasteiger partial charge in [0, 0.05) is 5.69 Å². The molecule has 0 saturated carbocycles. The molecule has 3 N–H and O–H groups in total.